The summed E-state index contributed by atoms with van der Waals surface area (Å²) < 4.78 is 31.5. The number of nitro benzene ring substituents is 1. The van der Waals surface area contributed by atoms with Crippen LogP contribution in [0.25, 0.3) is 0 Å². The van der Waals surface area contributed by atoms with E-state index in [1.54, 1.807) is 0 Å². The smallest absolute Gasteiger partial charge is 0.316 e. The van der Waals surface area contributed by atoms with E-state index in [0.717, 1.165) is 29.2 Å². The van der Waals surface area contributed by atoms with Crippen LogP contribution in [0.2, 0.25) is 0 Å². The highest BCUT2D eigenvalue weighted by Gasteiger charge is 2.20. The molecule has 1 heterocycles. The fraction of sp³-hybridized carbons (Fsp3) is 0.182. The van der Waals surface area contributed by atoms with Gasteiger partial charge >= 0.3 is 5.97 Å². The maximum absolute atomic E-state index is 12.2. The molecule has 2 aromatic rings. The van der Waals surface area contributed by atoms with E-state index in [1.165, 1.54) is 25.3 Å². The molecule has 2 rings (SSSR count). The van der Waals surface area contributed by atoms with Crippen molar-refractivity contribution in [2.24, 2.45) is 0 Å². The first kappa shape index (κ1) is 18.1. The van der Waals surface area contributed by atoms with Crippen molar-refractivity contribution >= 4 is 49.9 Å². The van der Waals surface area contributed by atoms with Crippen LogP contribution < -0.4 is 4.72 Å². The predicted molar refractivity (Wildman–Crippen MR) is 86.6 cm³/mol. The molecule has 1 aromatic heterocycles. The minimum atomic E-state index is -4.04. The van der Waals surface area contributed by atoms with E-state index in [1.807, 2.05) is 0 Å². The number of hydrogen-bond acceptors (Lipinski definition) is 10. The number of nitrogens with zero attached hydrogens (tertiary/aromatic N) is 3. The molecule has 0 aliphatic heterocycles. The van der Waals surface area contributed by atoms with Gasteiger partial charge in [-0.15, -0.1) is 10.2 Å². The summed E-state index contributed by atoms with van der Waals surface area (Å²) in [6, 6.07) is 4.62. The van der Waals surface area contributed by atoms with Gasteiger partial charge in [0.05, 0.1) is 22.7 Å². The summed E-state index contributed by atoms with van der Waals surface area (Å²) in [6.07, 6.45) is 0. The topological polar surface area (TPSA) is 141 Å². The molecular formula is C11H10N4O6S3. The van der Waals surface area contributed by atoms with E-state index in [4.69, 9.17) is 0 Å². The zero-order valence-electron chi connectivity index (χ0n) is 12.0. The van der Waals surface area contributed by atoms with E-state index in [0.29, 0.717) is 4.34 Å². The van der Waals surface area contributed by atoms with Gasteiger partial charge in [0.25, 0.3) is 15.7 Å². The Balaban J connectivity index is 2.12. The van der Waals surface area contributed by atoms with Gasteiger partial charge in [-0.25, -0.2) is 8.42 Å². The lowest BCUT2D eigenvalue weighted by atomic mass is 10.3. The Kier molecular flexibility index (Phi) is 5.69. The molecule has 0 saturated heterocycles. The van der Waals surface area contributed by atoms with Crippen LogP contribution in [-0.4, -0.2) is 42.4 Å². The Morgan fingerprint density at radius 2 is 2.21 bits per heavy atom. The molecule has 0 atom stereocenters. The van der Waals surface area contributed by atoms with Crippen LogP contribution in [0.15, 0.2) is 33.5 Å². The SMILES string of the molecule is COC(=O)CSc1nnc(NS(=O)(=O)c2cccc([N+](=O)[O-])c2)s1. The summed E-state index contributed by atoms with van der Waals surface area (Å²) in [5.74, 6) is -0.433. The van der Waals surface area contributed by atoms with Gasteiger partial charge in [-0.1, -0.05) is 29.2 Å². The third-order valence-electron chi connectivity index (χ3n) is 2.51. The molecule has 0 radical (unpaired) electrons. The van der Waals surface area contributed by atoms with Crippen LogP contribution in [0.5, 0.6) is 0 Å². The quantitative estimate of drug-likeness (QED) is 0.322. The molecule has 128 valence electrons. The Hall–Kier alpha value is -2.25. The normalized spacial score (nSPS) is 11.0. The van der Waals surface area contributed by atoms with E-state index in [9.17, 15) is 23.3 Å². The van der Waals surface area contributed by atoms with Crippen molar-refractivity contribution in [3.8, 4) is 0 Å². The number of nitrogens with one attached hydrogen (secondary N) is 1. The first-order valence-corrected chi connectivity index (χ1v) is 9.41. The first-order chi connectivity index (χ1) is 11.3. The lowest BCUT2D eigenvalue weighted by Crippen LogP contribution is -2.13. The van der Waals surface area contributed by atoms with Crippen molar-refractivity contribution in [3.05, 3.63) is 34.4 Å². The number of carbonyl (C=O) groups excluding carboxylic acids is 1. The van der Waals surface area contributed by atoms with Gasteiger partial charge in [-0.2, -0.15) is 0 Å². The number of anilines is 1. The molecular weight excluding hydrogens is 380 g/mol. The Morgan fingerprint density at radius 1 is 1.46 bits per heavy atom. The number of methoxy groups -OCH3 is 1. The first-order valence-electron chi connectivity index (χ1n) is 6.12. The number of benzene rings is 1. The van der Waals surface area contributed by atoms with Gasteiger partial charge in [-0.3, -0.25) is 19.6 Å². The fourth-order valence-corrected chi connectivity index (χ4v) is 4.28. The van der Waals surface area contributed by atoms with Crippen molar-refractivity contribution < 1.29 is 22.9 Å². The van der Waals surface area contributed by atoms with E-state index in [2.05, 4.69) is 19.7 Å². The highest BCUT2D eigenvalue weighted by atomic mass is 32.2. The third kappa shape index (κ3) is 4.62. The second-order valence-electron chi connectivity index (χ2n) is 4.10. The Bertz CT molecular complexity index is 866. The molecule has 0 aliphatic rings. The summed E-state index contributed by atoms with van der Waals surface area (Å²) in [5.41, 5.74) is -0.343. The number of carbonyl (C=O) groups is 1. The van der Waals surface area contributed by atoms with Crippen molar-refractivity contribution in [2.75, 3.05) is 17.6 Å². The summed E-state index contributed by atoms with van der Waals surface area (Å²) in [5, 5.41) is 18.1. The largest absolute Gasteiger partial charge is 0.468 e. The Labute approximate surface area is 144 Å². The minimum Gasteiger partial charge on any atom is -0.468 e. The van der Waals surface area contributed by atoms with Crippen LogP contribution >= 0.6 is 23.1 Å². The van der Waals surface area contributed by atoms with Crippen molar-refractivity contribution in [3.63, 3.8) is 0 Å². The average molecular weight is 390 g/mol. The third-order valence-corrected chi connectivity index (χ3v) is 5.92. The number of aromatic nitrogens is 2. The molecule has 0 fully saturated rings. The fourth-order valence-electron chi connectivity index (χ4n) is 1.43. The monoisotopic (exact) mass is 390 g/mol. The molecule has 0 spiro atoms. The van der Waals surface area contributed by atoms with Gasteiger partial charge in [0, 0.05) is 12.1 Å². The van der Waals surface area contributed by atoms with Crippen LogP contribution in [0.4, 0.5) is 10.8 Å². The highest BCUT2D eigenvalue weighted by Crippen LogP contribution is 2.27. The molecule has 13 heteroatoms. The molecule has 0 saturated carbocycles. The summed E-state index contributed by atoms with van der Waals surface area (Å²) in [7, 11) is -2.79. The van der Waals surface area contributed by atoms with Crippen LogP contribution in [0.3, 0.4) is 0 Å². The highest BCUT2D eigenvalue weighted by molar-refractivity contribution is 8.01. The predicted octanol–water partition coefficient (Wildman–Crippen LogP) is 1.51. The molecule has 10 nitrogen and oxygen atoms in total. The lowest BCUT2D eigenvalue weighted by molar-refractivity contribution is -0.385. The number of thioether (sulfide) groups is 1. The van der Waals surface area contributed by atoms with Gasteiger partial charge in [-0.05, 0) is 6.07 Å². The van der Waals surface area contributed by atoms with Crippen molar-refractivity contribution in [1.29, 1.82) is 0 Å². The van der Waals surface area contributed by atoms with Crippen LogP contribution in [0.1, 0.15) is 0 Å². The molecule has 0 bridgehead atoms. The van der Waals surface area contributed by atoms with Crippen LogP contribution in [0, 0.1) is 10.1 Å². The number of nitro groups is 1. The second-order valence-corrected chi connectivity index (χ2v) is 7.98. The summed E-state index contributed by atoms with van der Waals surface area (Å²) >= 11 is 1.97. The van der Waals surface area contributed by atoms with Gasteiger partial charge in [0.1, 0.15) is 0 Å². The maximum Gasteiger partial charge on any atom is 0.316 e. The molecule has 1 N–H and O–H groups in total. The zero-order valence-corrected chi connectivity index (χ0v) is 14.5. The molecule has 0 unspecified atom stereocenters. The maximum atomic E-state index is 12.2. The molecule has 24 heavy (non-hydrogen) atoms. The number of non-ortho nitro benzene ring substituents is 1. The van der Waals surface area contributed by atoms with Crippen LogP contribution in [-0.2, 0) is 19.6 Å². The number of esters is 1. The summed E-state index contributed by atoms with van der Waals surface area (Å²) in [6.45, 7) is 0. The lowest BCUT2D eigenvalue weighted by Gasteiger charge is -2.04. The van der Waals surface area contributed by atoms with Gasteiger partial charge in [0.15, 0.2) is 4.34 Å². The van der Waals surface area contributed by atoms with E-state index < -0.39 is 20.9 Å². The van der Waals surface area contributed by atoms with Gasteiger partial charge < -0.3 is 4.74 Å². The summed E-state index contributed by atoms with van der Waals surface area (Å²) in [4.78, 5) is 20.8. The number of hydrogen-bond donors (Lipinski definition) is 1. The Morgan fingerprint density at radius 3 is 2.88 bits per heavy atom. The zero-order chi connectivity index (χ0) is 17.7. The van der Waals surface area contributed by atoms with Crippen molar-refractivity contribution in [2.45, 2.75) is 9.24 Å². The number of rotatable bonds is 7. The minimum absolute atomic E-state index is 0.0166. The molecule has 1 aromatic carbocycles. The van der Waals surface area contributed by atoms with Crippen molar-refractivity contribution in [1.82, 2.24) is 10.2 Å². The number of ether oxygens (including phenoxy) is 1. The molecule has 0 amide bonds. The average Bonchev–Trinajstić information content (AvgIpc) is 2.99. The molecule has 0 aliphatic carbocycles. The standard InChI is InChI=1S/C11H10N4O6S3/c1-21-9(16)6-22-11-13-12-10(23-11)14-24(19,20)8-4-2-3-7(5-8)15(17)18/h2-5H,6H2,1H3,(H,12,14). The van der Waals surface area contributed by atoms with E-state index >= 15 is 0 Å². The van der Waals surface area contributed by atoms with E-state index in [-0.39, 0.29) is 21.5 Å². The number of sulfonamides is 1. The second kappa shape index (κ2) is 7.55. The van der Waals surface area contributed by atoms with Gasteiger partial charge in [0.2, 0.25) is 5.13 Å².